The van der Waals surface area contributed by atoms with Crippen LogP contribution >= 0.6 is 0 Å². The molecule has 0 radical (unpaired) electrons. The van der Waals surface area contributed by atoms with Gasteiger partial charge in [0.25, 0.3) is 5.56 Å². The summed E-state index contributed by atoms with van der Waals surface area (Å²) in [6.07, 6.45) is -4.70. The molecular formula is C20H18F3N3O4. The molecule has 1 heterocycles. The molecular weight excluding hydrogens is 403 g/mol. The van der Waals surface area contributed by atoms with E-state index in [0.29, 0.717) is 16.8 Å². The van der Waals surface area contributed by atoms with Crippen LogP contribution in [-0.2, 0) is 11.3 Å². The maximum Gasteiger partial charge on any atom is 0.573 e. The topological polar surface area (TPSA) is 83.3 Å². The minimum Gasteiger partial charge on any atom is -0.496 e. The predicted molar refractivity (Wildman–Crippen MR) is 102 cm³/mol. The Morgan fingerprint density at radius 2 is 1.87 bits per heavy atom. The Morgan fingerprint density at radius 1 is 1.17 bits per heavy atom. The van der Waals surface area contributed by atoms with E-state index in [2.05, 4.69) is 15.0 Å². The number of aromatic nitrogens is 3. The lowest BCUT2D eigenvalue weighted by Crippen LogP contribution is -2.28. The summed E-state index contributed by atoms with van der Waals surface area (Å²) < 4.78 is 46.7. The Morgan fingerprint density at radius 3 is 2.50 bits per heavy atom. The number of hydrogen-bond donors (Lipinski definition) is 0. The van der Waals surface area contributed by atoms with Gasteiger partial charge in [0.2, 0.25) is 0 Å². The molecule has 1 aromatic heterocycles. The number of hydrogen-bond acceptors (Lipinski definition) is 6. The minimum absolute atomic E-state index is 0.0670. The van der Waals surface area contributed by atoms with Crippen LogP contribution in [0.15, 0.2) is 47.3 Å². The first kappa shape index (κ1) is 21.3. The number of carbonyl (C=O) groups excluding carboxylic acids is 1. The summed E-state index contributed by atoms with van der Waals surface area (Å²) in [5.74, 6) is -0.556. The zero-order valence-electron chi connectivity index (χ0n) is 16.1. The number of ether oxygens (including phenoxy) is 2. The second-order valence-corrected chi connectivity index (χ2v) is 6.67. The highest BCUT2D eigenvalue weighted by molar-refractivity contribution is 5.84. The number of methoxy groups -OCH3 is 1. The smallest absolute Gasteiger partial charge is 0.496 e. The monoisotopic (exact) mass is 421 g/mol. The van der Waals surface area contributed by atoms with Crippen molar-refractivity contribution in [1.82, 2.24) is 15.0 Å². The molecule has 0 spiro atoms. The van der Waals surface area contributed by atoms with E-state index < -0.39 is 11.9 Å². The van der Waals surface area contributed by atoms with Crippen molar-refractivity contribution in [2.24, 2.45) is 0 Å². The molecule has 0 bridgehead atoms. The van der Waals surface area contributed by atoms with Crippen LogP contribution < -0.4 is 15.0 Å². The Hall–Kier alpha value is -3.43. The van der Waals surface area contributed by atoms with Crippen molar-refractivity contribution >= 4 is 16.7 Å². The largest absolute Gasteiger partial charge is 0.573 e. The van der Waals surface area contributed by atoms with Gasteiger partial charge in [-0.25, -0.2) is 4.68 Å². The van der Waals surface area contributed by atoms with Crippen molar-refractivity contribution < 1.29 is 27.4 Å². The van der Waals surface area contributed by atoms with Gasteiger partial charge in [0.15, 0.2) is 5.78 Å². The van der Waals surface area contributed by atoms with Crippen LogP contribution in [0.25, 0.3) is 10.9 Å². The van der Waals surface area contributed by atoms with Gasteiger partial charge in [0.1, 0.15) is 28.9 Å². The zero-order chi connectivity index (χ0) is 21.9. The highest BCUT2D eigenvalue weighted by atomic mass is 19.4. The van der Waals surface area contributed by atoms with Gasteiger partial charge < -0.3 is 9.47 Å². The average molecular weight is 421 g/mol. The molecule has 0 saturated carbocycles. The van der Waals surface area contributed by atoms with Gasteiger partial charge in [-0.3, -0.25) is 9.59 Å². The Bertz CT molecular complexity index is 1110. The quantitative estimate of drug-likeness (QED) is 0.581. The third kappa shape index (κ3) is 4.94. The molecule has 2 aromatic carbocycles. The van der Waals surface area contributed by atoms with Crippen molar-refractivity contribution in [1.29, 1.82) is 0 Å². The standard InChI is InChI=1S/C20H18F3N3O4/c1-12(13-6-8-15(9-7-13)30-20(21,22)23)10-14(27)11-26-19(28)18-16(24-25-26)4-3-5-17(18)29-2/h3-9,12H,10-11H2,1-2H3/t12-/m1/s1. The maximum atomic E-state index is 12.7. The molecule has 0 fully saturated rings. The molecule has 0 amide bonds. The molecule has 0 aliphatic heterocycles. The normalized spacial score (nSPS) is 12.6. The second kappa shape index (κ2) is 8.52. The maximum absolute atomic E-state index is 12.7. The number of Topliss-reactive ketones (excluding diaryl/α,β-unsaturated/α-hetero) is 1. The molecule has 30 heavy (non-hydrogen) atoms. The van der Waals surface area contributed by atoms with Crippen molar-refractivity contribution in [2.75, 3.05) is 7.11 Å². The first-order valence-electron chi connectivity index (χ1n) is 8.96. The minimum atomic E-state index is -4.76. The van der Waals surface area contributed by atoms with Gasteiger partial charge in [0.05, 0.1) is 7.11 Å². The number of carbonyl (C=O) groups is 1. The molecule has 1 atom stereocenters. The van der Waals surface area contributed by atoms with Gasteiger partial charge in [-0.05, 0) is 35.7 Å². The van der Waals surface area contributed by atoms with E-state index >= 15 is 0 Å². The molecule has 10 heteroatoms. The number of halogens is 3. The third-order valence-corrected chi connectivity index (χ3v) is 4.48. The first-order valence-corrected chi connectivity index (χ1v) is 8.96. The highest BCUT2D eigenvalue weighted by Crippen LogP contribution is 2.26. The molecule has 0 N–H and O–H groups in total. The number of ketones is 1. The molecule has 7 nitrogen and oxygen atoms in total. The fourth-order valence-electron chi connectivity index (χ4n) is 3.05. The van der Waals surface area contributed by atoms with Crippen molar-refractivity contribution in [3.63, 3.8) is 0 Å². The summed E-state index contributed by atoms with van der Waals surface area (Å²) in [5.41, 5.74) is 0.529. The summed E-state index contributed by atoms with van der Waals surface area (Å²) in [7, 11) is 1.43. The molecule has 3 aromatic rings. The Balaban J connectivity index is 1.71. The van der Waals surface area contributed by atoms with Crippen LogP contribution in [0.2, 0.25) is 0 Å². The molecule has 0 unspecified atom stereocenters. The van der Waals surface area contributed by atoms with E-state index in [4.69, 9.17) is 4.74 Å². The molecule has 0 saturated heterocycles. The number of nitrogens with zero attached hydrogens (tertiary/aromatic N) is 3. The summed E-state index contributed by atoms with van der Waals surface area (Å²) >= 11 is 0. The van der Waals surface area contributed by atoms with Crippen LogP contribution in [0.1, 0.15) is 24.8 Å². The molecule has 0 aliphatic rings. The predicted octanol–water partition coefficient (Wildman–Crippen LogP) is 3.46. The van der Waals surface area contributed by atoms with Crippen LogP contribution in [0, 0.1) is 0 Å². The van der Waals surface area contributed by atoms with Crippen LogP contribution in [-0.4, -0.2) is 34.2 Å². The second-order valence-electron chi connectivity index (χ2n) is 6.67. The third-order valence-electron chi connectivity index (χ3n) is 4.48. The summed E-state index contributed by atoms with van der Waals surface area (Å²) in [4.78, 5) is 25.1. The van der Waals surface area contributed by atoms with Crippen LogP contribution in [0.3, 0.4) is 0 Å². The lowest BCUT2D eigenvalue weighted by atomic mass is 9.95. The van der Waals surface area contributed by atoms with Crippen LogP contribution in [0.4, 0.5) is 13.2 Å². The lowest BCUT2D eigenvalue weighted by Gasteiger charge is -2.13. The van der Waals surface area contributed by atoms with Crippen molar-refractivity contribution in [3.8, 4) is 11.5 Å². The average Bonchev–Trinajstić information content (AvgIpc) is 2.69. The van der Waals surface area contributed by atoms with Gasteiger partial charge in [-0.2, -0.15) is 0 Å². The highest BCUT2D eigenvalue weighted by Gasteiger charge is 2.31. The van der Waals surface area contributed by atoms with E-state index in [1.54, 1.807) is 25.1 Å². The Kier molecular flexibility index (Phi) is 6.04. The summed E-state index contributed by atoms with van der Waals surface area (Å²) in [5, 5.41) is 7.99. The lowest BCUT2D eigenvalue weighted by molar-refractivity contribution is -0.274. The Labute approximate surface area is 169 Å². The van der Waals surface area contributed by atoms with Crippen LogP contribution in [0.5, 0.6) is 11.5 Å². The van der Waals surface area contributed by atoms with Gasteiger partial charge in [0, 0.05) is 6.42 Å². The summed E-state index contributed by atoms with van der Waals surface area (Å²) in [6, 6.07) is 10.2. The molecule has 3 rings (SSSR count). The number of alkyl halides is 3. The van der Waals surface area contributed by atoms with Crippen molar-refractivity contribution in [3.05, 3.63) is 58.4 Å². The molecule has 158 valence electrons. The van der Waals surface area contributed by atoms with Gasteiger partial charge >= 0.3 is 6.36 Å². The van der Waals surface area contributed by atoms with E-state index in [1.807, 2.05) is 0 Å². The van der Waals surface area contributed by atoms with E-state index in [-0.39, 0.29) is 35.8 Å². The van der Waals surface area contributed by atoms with E-state index in [0.717, 1.165) is 4.68 Å². The van der Waals surface area contributed by atoms with Crippen molar-refractivity contribution in [2.45, 2.75) is 32.2 Å². The first-order chi connectivity index (χ1) is 14.2. The van der Waals surface area contributed by atoms with E-state index in [9.17, 15) is 22.8 Å². The number of fused-ring (bicyclic) bond motifs is 1. The fourth-order valence-corrected chi connectivity index (χ4v) is 3.05. The number of benzene rings is 2. The number of rotatable bonds is 7. The molecule has 0 aliphatic carbocycles. The van der Waals surface area contributed by atoms with Gasteiger partial charge in [-0.1, -0.05) is 30.3 Å². The summed E-state index contributed by atoms with van der Waals surface area (Å²) in [6.45, 7) is 1.48. The van der Waals surface area contributed by atoms with Gasteiger partial charge in [-0.15, -0.1) is 18.3 Å². The SMILES string of the molecule is COc1cccc2nnn(CC(=O)C[C@@H](C)c3ccc(OC(F)(F)F)cc3)c(=O)c12. The fraction of sp³-hybridized carbons (Fsp3) is 0.300. The van der Waals surface area contributed by atoms with E-state index in [1.165, 1.54) is 31.4 Å². The zero-order valence-corrected chi connectivity index (χ0v) is 16.1.